The number of hydrogen-bond acceptors (Lipinski definition) is 3. The third-order valence-corrected chi connectivity index (χ3v) is 12.8. The Morgan fingerprint density at radius 1 is 0.627 bits per heavy atom. The summed E-state index contributed by atoms with van der Waals surface area (Å²) < 4.78 is 108. The summed E-state index contributed by atoms with van der Waals surface area (Å²) in [5.74, 6) is 3.11. The van der Waals surface area contributed by atoms with Gasteiger partial charge in [0.25, 0.3) is 6.33 Å². The lowest BCUT2D eigenvalue weighted by Gasteiger charge is -2.34. The molecular formula is C61H48N4O2. The molecule has 0 bridgehead atoms. The lowest BCUT2D eigenvalue weighted by atomic mass is 9.75. The van der Waals surface area contributed by atoms with Crippen LogP contribution in [0.15, 0.2) is 200 Å². The fraction of sp³-hybridized carbons (Fsp3) is 0.115. The molecule has 0 aliphatic carbocycles. The molecule has 0 saturated heterocycles. The van der Waals surface area contributed by atoms with E-state index in [0.717, 1.165) is 44.3 Å². The number of aromatic nitrogens is 4. The predicted molar refractivity (Wildman–Crippen MR) is 271 cm³/mol. The highest BCUT2D eigenvalue weighted by Gasteiger charge is 2.35. The molecule has 0 amide bonds. The average Bonchev–Trinajstić information content (AvgIpc) is 4.11. The van der Waals surface area contributed by atoms with Crippen molar-refractivity contribution < 1.29 is 27.7 Å². The van der Waals surface area contributed by atoms with Gasteiger partial charge in [-0.2, -0.15) is 0 Å². The Balaban J connectivity index is 1.10. The van der Waals surface area contributed by atoms with Crippen molar-refractivity contribution >= 4 is 32.8 Å². The summed E-state index contributed by atoms with van der Waals surface area (Å²) in [5, 5.41) is 2.11. The number of benzene rings is 8. The molecule has 67 heavy (non-hydrogen) atoms. The summed E-state index contributed by atoms with van der Waals surface area (Å²) >= 11 is 0. The Kier molecular flexibility index (Phi) is 7.11. The van der Waals surface area contributed by atoms with Crippen LogP contribution in [0, 0.1) is 6.33 Å². The van der Waals surface area contributed by atoms with Crippen molar-refractivity contribution in [2.75, 3.05) is 0 Å². The number of rotatable bonds is 7. The van der Waals surface area contributed by atoms with Crippen molar-refractivity contribution in [2.24, 2.45) is 0 Å². The zero-order valence-corrected chi connectivity index (χ0v) is 37.4. The minimum atomic E-state index is -0.619. The van der Waals surface area contributed by atoms with E-state index in [1.54, 1.807) is 27.3 Å². The Morgan fingerprint density at radius 3 is 2.07 bits per heavy atom. The number of pyridine rings is 1. The molecule has 6 nitrogen and oxygen atoms in total. The first-order valence-electron chi connectivity index (χ1n) is 27.1. The molecule has 0 N–H and O–H groups in total. The largest absolute Gasteiger partial charge is 0.458 e. The van der Waals surface area contributed by atoms with E-state index < -0.39 is 65.8 Å². The van der Waals surface area contributed by atoms with Gasteiger partial charge >= 0.3 is 0 Å². The van der Waals surface area contributed by atoms with Crippen LogP contribution in [-0.4, -0.2) is 14.1 Å². The maximum Gasteiger partial charge on any atom is 0.269 e. The first-order chi connectivity index (χ1) is 36.7. The van der Waals surface area contributed by atoms with Crippen LogP contribution < -0.4 is 14.0 Å². The molecular weight excluding hydrogens is 821 g/mol. The molecule has 1 aliphatic heterocycles. The normalized spacial score (nSPS) is 15.2. The van der Waals surface area contributed by atoms with Gasteiger partial charge < -0.3 is 9.47 Å². The summed E-state index contributed by atoms with van der Waals surface area (Å²) in [6, 6.07) is 37.0. The van der Waals surface area contributed by atoms with Gasteiger partial charge in [0, 0.05) is 39.6 Å². The average molecular weight is 879 g/mol. The number of ether oxygens (including phenoxy) is 2. The van der Waals surface area contributed by atoms with Crippen LogP contribution in [-0.2, 0) is 10.8 Å². The summed E-state index contributed by atoms with van der Waals surface area (Å²) in [6.45, 7) is 10.7. The zero-order chi connectivity index (χ0) is 54.1. The maximum absolute atomic E-state index is 9.22. The molecule has 0 spiro atoms. The van der Waals surface area contributed by atoms with Crippen molar-refractivity contribution in [1.82, 2.24) is 14.1 Å². The Morgan fingerprint density at radius 2 is 1.31 bits per heavy atom. The van der Waals surface area contributed by atoms with Gasteiger partial charge in [0.05, 0.1) is 47.1 Å². The van der Waals surface area contributed by atoms with Crippen molar-refractivity contribution in [1.29, 1.82) is 0 Å². The standard InChI is InChI=1S/C61H48N4O2/c1-60(2,3)42-32-33-62-58(34-42)65-52-28-14-12-24-48(52)49-31-30-45(36-53(49)65)66-44-23-16-22-43(35-44)63-39-64(54-37-51-57(38-55(54)63)67-56-29-15-13-27-50(56)61(51,4)5)59-46(40-18-8-6-9-19-40)25-17-26-47(59)41-20-10-7-11-21-41/h6-38H,1-5H3/i6D,7D,8D,9D,10D,11D,18D,19D,20D,21D. The van der Waals surface area contributed by atoms with Crippen molar-refractivity contribution in [2.45, 2.75) is 45.4 Å². The molecule has 324 valence electrons. The van der Waals surface area contributed by atoms with Gasteiger partial charge in [-0.25, -0.2) is 4.98 Å². The van der Waals surface area contributed by atoms with E-state index in [0.29, 0.717) is 39.7 Å². The van der Waals surface area contributed by atoms with E-state index in [9.17, 15) is 5.48 Å². The van der Waals surface area contributed by atoms with E-state index in [2.05, 4.69) is 69.8 Å². The van der Waals surface area contributed by atoms with E-state index in [1.807, 2.05) is 97.2 Å². The highest BCUT2D eigenvalue weighted by atomic mass is 16.5. The van der Waals surface area contributed by atoms with E-state index >= 15 is 0 Å². The van der Waals surface area contributed by atoms with Crippen LogP contribution >= 0.6 is 0 Å². The van der Waals surface area contributed by atoms with Gasteiger partial charge in [-0.15, -0.1) is 0 Å². The fourth-order valence-electron chi connectivity index (χ4n) is 9.45. The van der Waals surface area contributed by atoms with Crippen LogP contribution in [0.1, 0.15) is 65.0 Å². The van der Waals surface area contributed by atoms with Crippen LogP contribution in [0.4, 0.5) is 0 Å². The zero-order valence-electron chi connectivity index (χ0n) is 47.4. The number of para-hydroxylation sites is 3. The Hall–Kier alpha value is -8.22. The molecule has 0 radical (unpaired) electrons. The van der Waals surface area contributed by atoms with Crippen LogP contribution in [0.2, 0.25) is 0 Å². The lowest BCUT2D eigenvalue weighted by molar-refractivity contribution is -0.571. The van der Waals surface area contributed by atoms with E-state index in [4.69, 9.17) is 22.7 Å². The van der Waals surface area contributed by atoms with Gasteiger partial charge in [-0.05, 0) is 100.0 Å². The Bertz CT molecular complexity index is 4180. The molecule has 6 heteroatoms. The minimum absolute atomic E-state index is 0.105. The number of imidazole rings is 1. The van der Waals surface area contributed by atoms with Gasteiger partial charge in [0.2, 0.25) is 0 Å². The summed E-state index contributed by atoms with van der Waals surface area (Å²) in [7, 11) is 0. The minimum Gasteiger partial charge on any atom is -0.458 e. The second kappa shape index (κ2) is 15.5. The number of fused-ring (bicyclic) bond motifs is 6. The van der Waals surface area contributed by atoms with E-state index in [-0.39, 0.29) is 33.4 Å². The summed E-state index contributed by atoms with van der Waals surface area (Å²) in [6.07, 6.45) is 5.40. The molecule has 12 rings (SSSR count). The first kappa shape index (κ1) is 30.8. The van der Waals surface area contributed by atoms with E-state index in [1.165, 1.54) is 0 Å². The van der Waals surface area contributed by atoms with Gasteiger partial charge in [-0.3, -0.25) is 13.7 Å². The number of nitrogens with zero attached hydrogens (tertiary/aromatic N) is 4. The first-order valence-corrected chi connectivity index (χ1v) is 22.1. The molecule has 0 saturated carbocycles. The molecule has 1 aliphatic rings. The second-order valence-electron chi connectivity index (χ2n) is 18.3. The summed E-state index contributed by atoms with van der Waals surface area (Å²) in [5.41, 5.74) is 5.88. The maximum atomic E-state index is 9.22. The van der Waals surface area contributed by atoms with Gasteiger partial charge in [-0.1, -0.05) is 156 Å². The highest BCUT2D eigenvalue weighted by Crippen LogP contribution is 2.49. The van der Waals surface area contributed by atoms with Crippen LogP contribution in [0.25, 0.3) is 72.3 Å². The SMILES string of the molecule is [2H]c1c([2H])c([2H])c(-c2cccc(-c3c([2H])c([2H])c([2H])c([2H])c3[2H])c2-[n+]2[c-]n(-c3cccc(Oc4ccc5c6ccccc6n(-c6cc(C(C)(C)C)ccn6)c5c4)c3)c3cc4c(cc32)C(C)(C)c2ccccc2O4)c([2H])c1[2H]. The van der Waals surface area contributed by atoms with Crippen molar-refractivity contribution in [3.63, 3.8) is 0 Å². The van der Waals surface area contributed by atoms with Gasteiger partial charge in [0.1, 0.15) is 28.8 Å². The fourth-order valence-corrected chi connectivity index (χ4v) is 9.45. The molecule has 8 aromatic carbocycles. The third-order valence-electron chi connectivity index (χ3n) is 12.8. The molecule has 11 aromatic rings. The molecule has 0 unspecified atom stereocenters. The van der Waals surface area contributed by atoms with Crippen LogP contribution in [0.3, 0.4) is 0 Å². The lowest BCUT2D eigenvalue weighted by Crippen LogP contribution is -2.32. The third kappa shape index (κ3) is 6.78. The number of hydrogen-bond donors (Lipinski definition) is 0. The summed E-state index contributed by atoms with van der Waals surface area (Å²) in [4.78, 5) is 4.85. The Labute approximate surface area is 404 Å². The predicted octanol–water partition coefficient (Wildman–Crippen LogP) is 15.1. The quantitative estimate of drug-likeness (QED) is 0.118. The highest BCUT2D eigenvalue weighted by molar-refractivity contribution is 6.09. The van der Waals surface area contributed by atoms with Crippen molar-refractivity contribution in [3.8, 4) is 62.4 Å². The van der Waals surface area contributed by atoms with Crippen LogP contribution in [0.5, 0.6) is 23.0 Å². The topological polar surface area (TPSA) is 45.1 Å². The molecule has 0 atom stereocenters. The van der Waals surface area contributed by atoms with Crippen molar-refractivity contribution in [3.05, 3.63) is 223 Å². The monoisotopic (exact) mass is 878 g/mol. The second-order valence-corrected chi connectivity index (χ2v) is 18.3. The smallest absolute Gasteiger partial charge is 0.269 e. The van der Waals surface area contributed by atoms with Gasteiger partial charge in [0.15, 0.2) is 0 Å². The molecule has 3 aromatic heterocycles. The molecule has 4 heterocycles. The molecule has 0 fully saturated rings.